The zero-order valence-electron chi connectivity index (χ0n) is 20.2. The molecule has 0 radical (unpaired) electrons. The molecular weight excluding hydrogens is 449 g/mol. The van der Waals surface area contributed by atoms with Crippen LogP contribution in [0.15, 0.2) is 60.8 Å². The van der Waals surface area contributed by atoms with Gasteiger partial charge in [0.15, 0.2) is 11.5 Å². The molecule has 2 heterocycles. The lowest BCUT2D eigenvalue weighted by atomic mass is 9.78. The summed E-state index contributed by atoms with van der Waals surface area (Å²) < 4.78 is 25.9. The van der Waals surface area contributed by atoms with Crippen molar-refractivity contribution in [3.63, 3.8) is 0 Å². The molecule has 35 heavy (non-hydrogen) atoms. The van der Waals surface area contributed by atoms with Crippen LogP contribution in [0.3, 0.4) is 0 Å². The van der Waals surface area contributed by atoms with Gasteiger partial charge in [-0.2, -0.15) is 0 Å². The van der Waals surface area contributed by atoms with Crippen molar-refractivity contribution >= 4 is 11.8 Å². The fourth-order valence-corrected chi connectivity index (χ4v) is 4.59. The Morgan fingerprint density at radius 2 is 1.74 bits per heavy atom. The van der Waals surface area contributed by atoms with Crippen molar-refractivity contribution < 1.29 is 23.5 Å². The van der Waals surface area contributed by atoms with Crippen molar-refractivity contribution in [2.24, 2.45) is 0 Å². The number of hydrogen-bond donors (Lipinski definition) is 0. The lowest BCUT2D eigenvalue weighted by molar-refractivity contribution is -0.133. The van der Waals surface area contributed by atoms with Crippen molar-refractivity contribution in [3.8, 4) is 11.5 Å². The maximum Gasteiger partial charge on any atom is 0.254 e. The third-order valence-corrected chi connectivity index (χ3v) is 6.47. The van der Waals surface area contributed by atoms with Crippen LogP contribution in [0.25, 0.3) is 0 Å². The van der Waals surface area contributed by atoms with Crippen molar-refractivity contribution in [3.05, 3.63) is 89.0 Å². The molecule has 4 rings (SSSR count). The van der Waals surface area contributed by atoms with Crippen molar-refractivity contribution in [2.45, 2.75) is 18.4 Å². The van der Waals surface area contributed by atoms with Gasteiger partial charge in [0.1, 0.15) is 5.82 Å². The number of amides is 2. The molecule has 182 valence electrons. The highest BCUT2D eigenvalue weighted by atomic mass is 19.1. The largest absolute Gasteiger partial charge is 0.493 e. The number of benzene rings is 2. The number of carbonyl (C=O) groups excluding carboxylic acids is 2. The van der Waals surface area contributed by atoms with Crippen LogP contribution in [0, 0.1) is 5.82 Å². The number of pyridine rings is 1. The monoisotopic (exact) mass is 477 g/mol. The van der Waals surface area contributed by atoms with Crippen LogP contribution in [-0.4, -0.2) is 61.5 Å². The van der Waals surface area contributed by atoms with Crippen LogP contribution in [0.4, 0.5) is 4.39 Å². The van der Waals surface area contributed by atoms with Gasteiger partial charge in [-0.3, -0.25) is 14.6 Å². The van der Waals surface area contributed by atoms with E-state index in [4.69, 9.17) is 9.47 Å². The summed E-state index contributed by atoms with van der Waals surface area (Å²) in [6.07, 6.45) is 2.27. The Bertz CT molecular complexity index is 1230. The number of likely N-dealkylation sites (N-methyl/N-ethyl adjacent to an activating group) is 2. The maximum atomic E-state index is 15.0. The third-order valence-electron chi connectivity index (χ3n) is 6.47. The van der Waals surface area contributed by atoms with E-state index in [1.165, 1.54) is 25.2 Å². The number of halogens is 1. The smallest absolute Gasteiger partial charge is 0.254 e. The van der Waals surface area contributed by atoms with Gasteiger partial charge in [-0.15, -0.1) is 0 Å². The Labute approximate surface area is 204 Å². The molecular formula is C27H28FN3O4. The third kappa shape index (κ3) is 4.56. The normalized spacial score (nSPS) is 17.1. The Morgan fingerprint density at radius 3 is 2.40 bits per heavy atom. The highest BCUT2D eigenvalue weighted by Crippen LogP contribution is 2.46. The molecule has 0 spiro atoms. The number of rotatable bonds is 7. The highest BCUT2D eigenvalue weighted by Gasteiger charge is 2.45. The van der Waals surface area contributed by atoms with Gasteiger partial charge in [0.2, 0.25) is 5.91 Å². The number of fused-ring (bicyclic) bond motifs is 1. The lowest BCUT2D eigenvalue weighted by Gasteiger charge is -2.41. The molecule has 7 nitrogen and oxygen atoms in total. The van der Waals surface area contributed by atoms with Crippen LogP contribution in [-0.2, 0) is 11.2 Å². The SMILES string of the molecule is COc1cc2c(cc1OC)C(C(=O)N(C)CCc1ccccn1)C(c1ccccc1F)N(C)C2=O. The number of hydrogen-bond acceptors (Lipinski definition) is 5. The van der Waals surface area contributed by atoms with E-state index in [1.54, 1.807) is 55.5 Å². The molecule has 8 heteroatoms. The number of ether oxygens (including phenoxy) is 2. The van der Waals surface area contributed by atoms with Crippen molar-refractivity contribution in [2.75, 3.05) is 34.9 Å². The first kappa shape index (κ1) is 24.2. The predicted molar refractivity (Wildman–Crippen MR) is 129 cm³/mol. The zero-order chi connectivity index (χ0) is 25.1. The summed E-state index contributed by atoms with van der Waals surface area (Å²) in [5.74, 6) is -1.11. The summed E-state index contributed by atoms with van der Waals surface area (Å²) in [5.41, 5.74) is 1.95. The van der Waals surface area contributed by atoms with Gasteiger partial charge in [0.05, 0.1) is 26.2 Å². The molecule has 3 aromatic rings. The molecule has 0 saturated carbocycles. The summed E-state index contributed by atoms with van der Waals surface area (Å²) in [5, 5.41) is 0. The average Bonchev–Trinajstić information content (AvgIpc) is 2.89. The molecule has 0 bridgehead atoms. The van der Waals surface area contributed by atoms with Gasteiger partial charge in [-0.05, 0) is 35.9 Å². The molecule has 0 N–H and O–H groups in total. The van der Waals surface area contributed by atoms with Gasteiger partial charge in [-0.25, -0.2) is 4.39 Å². The van der Waals surface area contributed by atoms with Gasteiger partial charge in [0, 0.05) is 50.1 Å². The van der Waals surface area contributed by atoms with Gasteiger partial charge in [0.25, 0.3) is 5.91 Å². The van der Waals surface area contributed by atoms with E-state index >= 15 is 4.39 Å². The first-order chi connectivity index (χ1) is 16.9. The Balaban J connectivity index is 1.80. The minimum absolute atomic E-state index is 0.234. The molecule has 2 aromatic carbocycles. The van der Waals surface area contributed by atoms with Crippen LogP contribution >= 0.6 is 0 Å². The minimum atomic E-state index is -0.849. The summed E-state index contributed by atoms with van der Waals surface area (Å²) >= 11 is 0. The Hall–Kier alpha value is -3.94. The van der Waals surface area contributed by atoms with Crippen LogP contribution < -0.4 is 9.47 Å². The van der Waals surface area contributed by atoms with E-state index in [0.717, 1.165) is 5.69 Å². The van der Waals surface area contributed by atoms with E-state index in [0.29, 0.717) is 35.6 Å². The zero-order valence-corrected chi connectivity index (χ0v) is 20.2. The Morgan fingerprint density at radius 1 is 1.06 bits per heavy atom. The average molecular weight is 478 g/mol. The minimum Gasteiger partial charge on any atom is -0.493 e. The van der Waals surface area contributed by atoms with E-state index in [2.05, 4.69) is 4.98 Å². The molecule has 2 unspecified atom stereocenters. The first-order valence-electron chi connectivity index (χ1n) is 11.3. The fourth-order valence-electron chi connectivity index (χ4n) is 4.59. The van der Waals surface area contributed by atoms with E-state index in [9.17, 15) is 9.59 Å². The van der Waals surface area contributed by atoms with E-state index in [1.807, 2.05) is 18.2 Å². The number of carbonyl (C=O) groups is 2. The highest BCUT2D eigenvalue weighted by molar-refractivity contribution is 6.02. The topological polar surface area (TPSA) is 72.0 Å². The van der Waals surface area contributed by atoms with E-state index in [-0.39, 0.29) is 17.4 Å². The molecule has 1 aliphatic rings. The number of nitrogens with zero attached hydrogens (tertiary/aromatic N) is 3. The molecule has 2 amide bonds. The maximum absolute atomic E-state index is 15.0. The van der Waals surface area contributed by atoms with Crippen molar-refractivity contribution in [1.82, 2.24) is 14.8 Å². The van der Waals surface area contributed by atoms with Crippen LogP contribution in [0.1, 0.15) is 39.1 Å². The van der Waals surface area contributed by atoms with Crippen LogP contribution in [0.2, 0.25) is 0 Å². The predicted octanol–water partition coefficient (Wildman–Crippen LogP) is 3.85. The summed E-state index contributed by atoms with van der Waals surface area (Å²) in [7, 11) is 6.27. The number of aromatic nitrogens is 1. The van der Waals surface area contributed by atoms with Gasteiger partial charge in [-0.1, -0.05) is 24.3 Å². The standard InChI is InChI=1S/C27H28FN3O4/c1-30(14-12-17-9-7-8-13-29-17)27(33)24-19-15-22(34-3)23(35-4)16-20(19)26(32)31(2)25(24)18-10-5-6-11-21(18)28/h5-11,13,15-16,24-25H,12,14H2,1-4H3. The number of methoxy groups -OCH3 is 2. The van der Waals surface area contributed by atoms with Crippen LogP contribution in [0.5, 0.6) is 11.5 Å². The van der Waals surface area contributed by atoms with Gasteiger partial charge >= 0.3 is 0 Å². The first-order valence-corrected chi connectivity index (χ1v) is 11.3. The summed E-state index contributed by atoms with van der Waals surface area (Å²) in [4.78, 5) is 34.7. The molecule has 0 aliphatic carbocycles. The van der Waals surface area contributed by atoms with Gasteiger partial charge < -0.3 is 19.3 Å². The molecule has 0 saturated heterocycles. The fraction of sp³-hybridized carbons (Fsp3) is 0.296. The molecule has 1 aliphatic heterocycles. The lowest BCUT2D eigenvalue weighted by Crippen LogP contribution is -2.46. The quantitative estimate of drug-likeness (QED) is 0.517. The molecule has 1 aromatic heterocycles. The summed E-state index contributed by atoms with van der Waals surface area (Å²) in [6.45, 7) is 0.413. The second-order valence-corrected chi connectivity index (χ2v) is 8.49. The van der Waals surface area contributed by atoms with Crippen molar-refractivity contribution in [1.29, 1.82) is 0 Å². The second kappa shape index (κ2) is 10.1. The van der Waals surface area contributed by atoms with E-state index < -0.39 is 17.8 Å². The molecule has 0 fully saturated rings. The summed E-state index contributed by atoms with van der Waals surface area (Å²) in [6, 6.07) is 14.3. The second-order valence-electron chi connectivity index (χ2n) is 8.49. The molecule has 2 atom stereocenters. The Kier molecular flexibility index (Phi) is 7.00.